The van der Waals surface area contributed by atoms with Gasteiger partial charge < -0.3 is 20.1 Å². The van der Waals surface area contributed by atoms with Crippen LogP contribution in [0.1, 0.15) is 49.8 Å². The van der Waals surface area contributed by atoms with Gasteiger partial charge in [-0.2, -0.15) is 0 Å². The highest BCUT2D eigenvalue weighted by Gasteiger charge is 2.66. The van der Waals surface area contributed by atoms with E-state index in [1.165, 1.54) is 0 Å². The molecule has 0 aromatic heterocycles. The van der Waals surface area contributed by atoms with E-state index < -0.39 is 58.1 Å². The zero-order valence-electron chi connectivity index (χ0n) is 24.0. The van der Waals surface area contributed by atoms with Gasteiger partial charge >= 0.3 is 0 Å². The minimum Gasteiger partial charge on any atom is -0.388 e. The molecule has 0 bridgehead atoms. The van der Waals surface area contributed by atoms with Gasteiger partial charge in [-0.1, -0.05) is 104 Å². The molecule has 2 saturated carbocycles. The Morgan fingerprint density at radius 2 is 1.36 bits per heavy atom. The fourth-order valence-electron chi connectivity index (χ4n) is 7.96. The smallest absolute Gasteiger partial charge is 0.204 e. The minimum absolute atomic E-state index is 0.0817. The monoisotopic (exact) mass is 566 g/mol. The molecule has 0 spiro atoms. The molecule has 218 valence electrons. The third kappa shape index (κ3) is 4.32. The van der Waals surface area contributed by atoms with Gasteiger partial charge in [-0.3, -0.25) is 9.59 Å². The summed E-state index contributed by atoms with van der Waals surface area (Å²) in [6, 6.07) is 29.8. The Kier molecular flexibility index (Phi) is 7.30. The summed E-state index contributed by atoms with van der Waals surface area (Å²) in [5, 5.41) is 35.6. The molecule has 3 aliphatic carbocycles. The summed E-state index contributed by atoms with van der Waals surface area (Å²) >= 11 is 0. The highest BCUT2D eigenvalue weighted by atomic mass is 16.5. The molecular formula is C36H38O6. The SMILES string of the molecule is CC1=C[C@@H]2[C@](O)(CC(COC(c3ccccc3)(c3ccccc3)c3ccccc3)C[C@H]3C(=O)C(=O)C[C@@H](C)[C@]23O)[C@H]1O. The van der Waals surface area contributed by atoms with Crippen molar-refractivity contribution < 1.29 is 29.6 Å². The van der Waals surface area contributed by atoms with Crippen LogP contribution in [0.15, 0.2) is 103 Å². The average Bonchev–Trinajstić information content (AvgIpc) is 3.17. The molecule has 6 heteroatoms. The van der Waals surface area contributed by atoms with Gasteiger partial charge in [0.25, 0.3) is 0 Å². The molecule has 3 N–H and O–H groups in total. The van der Waals surface area contributed by atoms with Crippen LogP contribution in [0.4, 0.5) is 0 Å². The summed E-state index contributed by atoms with van der Waals surface area (Å²) in [6.45, 7) is 3.60. The Morgan fingerprint density at radius 1 is 0.857 bits per heavy atom. The number of fused-ring (bicyclic) bond motifs is 3. The molecule has 7 atom stereocenters. The summed E-state index contributed by atoms with van der Waals surface area (Å²) < 4.78 is 7.05. The van der Waals surface area contributed by atoms with E-state index in [0.717, 1.165) is 16.7 Å². The third-order valence-corrected chi connectivity index (χ3v) is 10.1. The molecule has 6 rings (SSSR count). The van der Waals surface area contributed by atoms with Crippen LogP contribution in [-0.2, 0) is 19.9 Å². The Labute approximate surface area is 246 Å². The number of benzene rings is 3. The van der Waals surface area contributed by atoms with Crippen LogP contribution >= 0.6 is 0 Å². The van der Waals surface area contributed by atoms with Gasteiger partial charge in [0.15, 0.2) is 5.78 Å². The second-order valence-corrected chi connectivity index (χ2v) is 12.5. The van der Waals surface area contributed by atoms with E-state index in [2.05, 4.69) is 0 Å². The second kappa shape index (κ2) is 10.7. The molecule has 0 heterocycles. The molecule has 3 aliphatic rings. The predicted molar refractivity (Wildman–Crippen MR) is 158 cm³/mol. The molecule has 0 amide bonds. The van der Waals surface area contributed by atoms with Gasteiger partial charge in [-0.05, 0) is 53.9 Å². The summed E-state index contributed by atoms with van der Waals surface area (Å²) in [5.74, 6) is -3.98. The number of hydrogen-bond donors (Lipinski definition) is 3. The first kappa shape index (κ1) is 28.7. The topological polar surface area (TPSA) is 104 Å². The van der Waals surface area contributed by atoms with Gasteiger partial charge in [-0.15, -0.1) is 0 Å². The van der Waals surface area contributed by atoms with Crippen molar-refractivity contribution in [2.24, 2.45) is 23.7 Å². The zero-order valence-corrected chi connectivity index (χ0v) is 24.0. The Hall–Kier alpha value is -3.42. The average molecular weight is 567 g/mol. The van der Waals surface area contributed by atoms with Crippen molar-refractivity contribution >= 4 is 11.6 Å². The van der Waals surface area contributed by atoms with Crippen molar-refractivity contribution in [3.05, 3.63) is 119 Å². The molecule has 3 aromatic rings. The maximum absolute atomic E-state index is 13.4. The second-order valence-electron chi connectivity index (χ2n) is 12.5. The zero-order chi connectivity index (χ0) is 29.7. The Bertz CT molecular complexity index is 1390. The largest absolute Gasteiger partial charge is 0.388 e. The Morgan fingerprint density at radius 3 is 1.86 bits per heavy atom. The van der Waals surface area contributed by atoms with E-state index in [9.17, 15) is 24.9 Å². The lowest BCUT2D eigenvalue weighted by Crippen LogP contribution is -2.63. The quantitative estimate of drug-likeness (QED) is 0.229. The lowest BCUT2D eigenvalue weighted by atomic mass is 9.59. The van der Waals surface area contributed by atoms with Crippen LogP contribution in [0.3, 0.4) is 0 Å². The number of aliphatic hydroxyl groups excluding tert-OH is 1. The molecule has 0 aliphatic heterocycles. The molecular weight excluding hydrogens is 528 g/mol. The van der Waals surface area contributed by atoms with Crippen LogP contribution in [0.5, 0.6) is 0 Å². The number of hydrogen-bond acceptors (Lipinski definition) is 6. The lowest BCUT2D eigenvalue weighted by Gasteiger charge is -2.49. The van der Waals surface area contributed by atoms with Crippen molar-refractivity contribution in [3.63, 3.8) is 0 Å². The summed E-state index contributed by atoms with van der Waals surface area (Å²) in [4.78, 5) is 26.2. The van der Waals surface area contributed by atoms with Crippen molar-refractivity contribution in [2.45, 2.75) is 56.0 Å². The fraction of sp³-hybridized carbons (Fsp3) is 0.389. The van der Waals surface area contributed by atoms with Crippen molar-refractivity contribution in [1.82, 2.24) is 0 Å². The van der Waals surface area contributed by atoms with Gasteiger partial charge in [-0.25, -0.2) is 0 Å². The first-order chi connectivity index (χ1) is 20.1. The highest BCUT2D eigenvalue weighted by Crippen LogP contribution is 2.56. The normalized spacial score (nSPS) is 33.0. The van der Waals surface area contributed by atoms with E-state index in [-0.39, 0.29) is 25.9 Å². The van der Waals surface area contributed by atoms with E-state index in [4.69, 9.17) is 4.74 Å². The van der Waals surface area contributed by atoms with Crippen LogP contribution in [-0.4, -0.2) is 50.8 Å². The molecule has 3 aromatic carbocycles. The van der Waals surface area contributed by atoms with E-state index >= 15 is 0 Å². The number of ether oxygens (including phenoxy) is 1. The number of carbonyl (C=O) groups excluding carboxylic acids is 2. The maximum Gasteiger partial charge on any atom is 0.204 e. The first-order valence-corrected chi connectivity index (χ1v) is 14.8. The van der Waals surface area contributed by atoms with Crippen LogP contribution in [0.2, 0.25) is 0 Å². The van der Waals surface area contributed by atoms with E-state index in [0.29, 0.717) is 5.57 Å². The maximum atomic E-state index is 13.4. The summed E-state index contributed by atoms with van der Waals surface area (Å²) in [5.41, 5.74) is -1.08. The summed E-state index contributed by atoms with van der Waals surface area (Å²) in [7, 11) is 0. The van der Waals surface area contributed by atoms with Gasteiger partial charge in [0.2, 0.25) is 5.78 Å². The van der Waals surface area contributed by atoms with Gasteiger partial charge in [0.05, 0.1) is 18.1 Å². The standard InChI is InChI=1S/C36H38O6/c1-23-18-31-34(40,33(23)39)21-25(20-29-32(38)30(37)19-24(2)35(29,31)41)22-42-36(26-12-6-3-7-13-26,27-14-8-4-9-15-27)28-16-10-5-11-17-28/h3-18,24-25,29,31,33,39-41H,19-22H2,1-2H3/t24-,25?,29+,31-,33+,34-,35-/m1/s1. The third-order valence-electron chi connectivity index (χ3n) is 10.1. The Balaban J connectivity index is 1.45. The van der Waals surface area contributed by atoms with Crippen molar-refractivity contribution in [2.75, 3.05) is 6.61 Å². The number of aliphatic hydroxyl groups is 3. The lowest BCUT2D eigenvalue weighted by molar-refractivity contribution is -0.186. The highest BCUT2D eigenvalue weighted by molar-refractivity contribution is 6.39. The van der Waals surface area contributed by atoms with Crippen LogP contribution in [0.25, 0.3) is 0 Å². The molecule has 42 heavy (non-hydrogen) atoms. The molecule has 2 fully saturated rings. The van der Waals surface area contributed by atoms with Gasteiger partial charge in [0, 0.05) is 12.3 Å². The number of rotatable bonds is 6. The number of carbonyl (C=O) groups is 2. The molecule has 6 nitrogen and oxygen atoms in total. The van der Waals surface area contributed by atoms with E-state index in [1.54, 1.807) is 19.9 Å². The van der Waals surface area contributed by atoms with Crippen LogP contribution in [0, 0.1) is 23.7 Å². The van der Waals surface area contributed by atoms with E-state index in [1.807, 2.05) is 91.0 Å². The summed E-state index contributed by atoms with van der Waals surface area (Å²) in [6.07, 6.45) is 0.700. The fourth-order valence-corrected chi connectivity index (χ4v) is 7.96. The van der Waals surface area contributed by atoms with Crippen molar-refractivity contribution in [3.8, 4) is 0 Å². The first-order valence-electron chi connectivity index (χ1n) is 14.8. The van der Waals surface area contributed by atoms with Gasteiger partial charge in [0.1, 0.15) is 17.3 Å². The predicted octanol–water partition coefficient (Wildman–Crippen LogP) is 4.60. The number of ketones is 2. The molecule has 0 saturated heterocycles. The molecule has 1 unspecified atom stereocenters. The van der Waals surface area contributed by atoms with Crippen LogP contribution < -0.4 is 0 Å². The number of Topliss-reactive ketones (excluding diaryl/α,β-unsaturated/α-hetero) is 2. The van der Waals surface area contributed by atoms with Crippen molar-refractivity contribution in [1.29, 1.82) is 0 Å². The minimum atomic E-state index is -1.70. The molecule has 0 radical (unpaired) electrons.